The summed E-state index contributed by atoms with van der Waals surface area (Å²) < 4.78 is 0. The van der Waals surface area contributed by atoms with E-state index in [1.807, 2.05) is 13.8 Å². The molecule has 2 aliphatic rings. The van der Waals surface area contributed by atoms with E-state index in [1.165, 1.54) is 0 Å². The van der Waals surface area contributed by atoms with Crippen LogP contribution in [0.1, 0.15) is 20.8 Å². The molecule has 2 fully saturated rings. The minimum atomic E-state index is -0.445. The summed E-state index contributed by atoms with van der Waals surface area (Å²) in [4.78, 5) is 23.3. The average Bonchev–Trinajstić information content (AvgIpc) is 2.74. The first-order valence-electron chi connectivity index (χ1n) is 6.32. The summed E-state index contributed by atoms with van der Waals surface area (Å²) in [6, 6.07) is -0.124. The lowest BCUT2D eigenvalue weighted by molar-refractivity contribution is -0.130. The lowest BCUT2D eigenvalue weighted by Crippen LogP contribution is -2.47. The number of hydrogen-bond donors (Lipinski definition) is 3. The van der Waals surface area contributed by atoms with Gasteiger partial charge in [0, 0.05) is 25.0 Å². The SMILES string of the molecule is CC(C)C(=O)N[C@@H](C)C(=O)NC1[C@H]2CNC[C@@H]12. The monoisotopic (exact) mass is 239 g/mol. The van der Waals surface area contributed by atoms with Crippen LogP contribution in [0.4, 0.5) is 0 Å². The molecule has 1 aliphatic heterocycles. The first-order valence-corrected chi connectivity index (χ1v) is 6.32. The van der Waals surface area contributed by atoms with Gasteiger partial charge in [0.25, 0.3) is 0 Å². The Balaban J connectivity index is 1.74. The highest BCUT2D eigenvalue weighted by Crippen LogP contribution is 2.41. The Morgan fingerprint density at radius 2 is 1.71 bits per heavy atom. The van der Waals surface area contributed by atoms with E-state index in [0.717, 1.165) is 13.1 Å². The highest BCUT2D eigenvalue weighted by atomic mass is 16.2. The molecule has 0 radical (unpaired) electrons. The number of amides is 2. The summed E-state index contributed by atoms with van der Waals surface area (Å²) in [5, 5.41) is 9.00. The molecule has 2 rings (SSSR count). The fourth-order valence-electron chi connectivity index (χ4n) is 2.37. The summed E-state index contributed by atoms with van der Waals surface area (Å²) >= 11 is 0. The largest absolute Gasteiger partial charge is 0.351 e. The molecule has 1 saturated heterocycles. The topological polar surface area (TPSA) is 70.2 Å². The van der Waals surface area contributed by atoms with Crippen molar-refractivity contribution in [1.82, 2.24) is 16.0 Å². The molecule has 1 unspecified atom stereocenters. The van der Waals surface area contributed by atoms with Crippen molar-refractivity contribution in [3.63, 3.8) is 0 Å². The molecule has 1 aliphatic carbocycles. The number of carbonyl (C=O) groups is 2. The van der Waals surface area contributed by atoms with Crippen molar-refractivity contribution in [2.75, 3.05) is 13.1 Å². The second-order valence-electron chi connectivity index (χ2n) is 5.41. The number of carbonyl (C=O) groups excluding carboxylic acids is 2. The number of rotatable bonds is 4. The summed E-state index contributed by atoms with van der Waals surface area (Å²) in [5.41, 5.74) is 0. The fourth-order valence-corrected chi connectivity index (χ4v) is 2.37. The van der Waals surface area contributed by atoms with E-state index in [9.17, 15) is 9.59 Å². The maximum atomic E-state index is 11.8. The Bertz CT molecular complexity index is 320. The smallest absolute Gasteiger partial charge is 0.242 e. The zero-order valence-electron chi connectivity index (χ0n) is 10.6. The molecule has 0 spiro atoms. The number of piperidine rings is 1. The molecule has 96 valence electrons. The van der Waals surface area contributed by atoms with Crippen LogP contribution < -0.4 is 16.0 Å². The predicted octanol–water partition coefficient (Wildman–Crippen LogP) is -0.519. The maximum Gasteiger partial charge on any atom is 0.242 e. The first kappa shape index (κ1) is 12.4. The van der Waals surface area contributed by atoms with Crippen molar-refractivity contribution in [3.05, 3.63) is 0 Å². The molecule has 0 aromatic heterocycles. The minimum Gasteiger partial charge on any atom is -0.351 e. The van der Waals surface area contributed by atoms with Gasteiger partial charge in [-0.1, -0.05) is 13.8 Å². The van der Waals surface area contributed by atoms with Gasteiger partial charge in [0.15, 0.2) is 0 Å². The van der Waals surface area contributed by atoms with Gasteiger partial charge in [-0.3, -0.25) is 9.59 Å². The summed E-state index contributed by atoms with van der Waals surface area (Å²) in [7, 11) is 0. The van der Waals surface area contributed by atoms with E-state index in [2.05, 4.69) is 16.0 Å². The van der Waals surface area contributed by atoms with Crippen LogP contribution in [0.3, 0.4) is 0 Å². The zero-order chi connectivity index (χ0) is 12.6. The van der Waals surface area contributed by atoms with Crippen LogP contribution in [-0.2, 0) is 9.59 Å². The number of nitrogens with one attached hydrogen (secondary N) is 3. The van der Waals surface area contributed by atoms with Gasteiger partial charge >= 0.3 is 0 Å². The van der Waals surface area contributed by atoms with Gasteiger partial charge in [-0.15, -0.1) is 0 Å². The van der Waals surface area contributed by atoms with Gasteiger partial charge in [-0.2, -0.15) is 0 Å². The molecule has 5 nitrogen and oxygen atoms in total. The Hall–Kier alpha value is -1.10. The molecule has 2 amide bonds. The Kier molecular flexibility index (Phi) is 3.38. The lowest BCUT2D eigenvalue weighted by Gasteiger charge is -2.16. The molecule has 0 aromatic carbocycles. The van der Waals surface area contributed by atoms with Crippen LogP contribution >= 0.6 is 0 Å². The third-order valence-electron chi connectivity index (χ3n) is 3.68. The molecule has 1 saturated carbocycles. The standard InChI is InChI=1S/C12H21N3O2/c1-6(2)11(16)14-7(3)12(17)15-10-8-4-13-5-9(8)10/h6-10,13H,4-5H2,1-3H3,(H,14,16)(H,15,17)/t7-,8-,9+,10?/m0/s1. The molecular formula is C12H21N3O2. The Morgan fingerprint density at radius 1 is 1.12 bits per heavy atom. The van der Waals surface area contributed by atoms with Gasteiger partial charge in [0.05, 0.1) is 0 Å². The van der Waals surface area contributed by atoms with Crippen molar-refractivity contribution in [1.29, 1.82) is 0 Å². The molecular weight excluding hydrogens is 218 g/mol. The van der Waals surface area contributed by atoms with Gasteiger partial charge in [-0.25, -0.2) is 0 Å². The van der Waals surface area contributed by atoms with E-state index in [-0.39, 0.29) is 17.7 Å². The fraction of sp³-hybridized carbons (Fsp3) is 0.833. The molecule has 3 N–H and O–H groups in total. The van der Waals surface area contributed by atoms with Crippen LogP contribution in [0.25, 0.3) is 0 Å². The van der Waals surface area contributed by atoms with E-state index < -0.39 is 6.04 Å². The van der Waals surface area contributed by atoms with E-state index in [4.69, 9.17) is 0 Å². The quantitative estimate of drug-likeness (QED) is 0.618. The van der Waals surface area contributed by atoms with Gasteiger partial charge in [0.1, 0.15) is 6.04 Å². The number of hydrogen-bond acceptors (Lipinski definition) is 3. The molecule has 1 heterocycles. The van der Waals surface area contributed by atoms with Crippen molar-refractivity contribution in [3.8, 4) is 0 Å². The summed E-state index contributed by atoms with van der Waals surface area (Å²) in [5.74, 6) is 0.970. The first-order chi connectivity index (χ1) is 8.00. The summed E-state index contributed by atoms with van der Waals surface area (Å²) in [6.45, 7) is 7.37. The van der Waals surface area contributed by atoms with Crippen molar-refractivity contribution in [2.45, 2.75) is 32.9 Å². The maximum absolute atomic E-state index is 11.8. The highest BCUT2D eigenvalue weighted by Gasteiger charge is 2.53. The Morgan fingerprint density at radius 3 is 2.24 bits per heavy atom. The number of fused-ring (bicyclic) bond motifs is 1. The molecule has 0 bridgehead atoms. The average molecular weight is 239 g/mol. The molecule has 17 heavy (non-hydrogen) atoms. The van der Waals surface area contributed by atoms with Crippen LogP contribution in [0, 0.1) is 17.8 Å². The lowest BCUT2D eigenvalue weighted by atomic mass is 10.2. The minimum absolute atomic E-state index is 0.0709. The van der Waals surface area contributed by atoms with Crippen LogP contribution in [0.5, 0.6) is 0 Å². The third-order valence-corrected chi connectivity index (χ3v) is 3.68. The second-order valence-corrected chi connectivity index (χ2v) is 5.41. The van der Waals surface area contributed by atoms with Crippen LogP contribution in [-0.4, -0.2) is 37.0 Å². The van der Waals surface area contributed by atoms with Gasteiger partial charge in [-0.05, 0) is 18.8 Å². The van der Waals surface area contributed by atoms with Crippen molar-refractivity contribution >= 4 is 11.8 Å². The zero-order valence-corrected chi connectivity index (χ0v) is 10.6. The summed E-state index contributed by atoms with van der Waals surface area (Å²) in [6.07, 6.45) is 0. The van der Waals surface area contributed by atoms with E-state index >= 15 is 0 Å². The van der Waals surface area contributed by atoms with Crippen LogP contribution in [0.2, 0.25) is 0 Å². The molecule has 4 atom stereocenters. The Labute approximate surface area is 102 Å². The van der Waals surface area contributed by atoms with E-state index in [0.29, 0.717) is 17.9 Å². The predicted molar refractivity (Wildman–Crippen MR) is 64.2 cm³/mol. The van der Waals surface area contributed by atoms with Crippen molar-refractivity contribution < 1.29 is 9.59 Å². The molecule has 0 aromatic rings. The molecule has 5 heteroatoms. The normalized spacial score (nSPS) is 31.9. The highest BCUT2D eigenvalue weighted by molar-refractivity contribution is 5.88. The van der Waals surface area contributed by atoms with E-state index in [1.54, 1.807) is 6.92 Å². The second kappa shape index (κ2) is 4.64. The van der Waals surface area contributed by atoms with Crippen LogP contribution in [0.15, 0.2) is 0 Å². The van der Waals surface area contributed by atoms with Crippen molar-refractivity contribution in [2.24, 2.45) is 17.8 Å². The third kappa shape index (κ3) is 2.60. The van der Waals surface area contributed by atoms with Gasteiger partial charge in [0.2, 0.25) is 11.8 Å². The van der Waals surface area contributed by atoms with Gasteiger partial charge < -0.3 is 16.0 Å².